The van der Waals surface area contributed by atoms with E-state index in [1.54, 1.807) is 0 Å². The van der Waals surface area contributed by atoms with Crippen LogP contribution < -0.4 is 10.1 Å². The zero-order chi connectivity index (χ0) is 15.1. The highest BCUT2D eigenvalue weighted by Crippen LogP contribution is 2.31. The third kappa shape index (κ3) is 4.13. The first-order valence-electron chi connectivity index (χ1n) is 8.02. The first-order valence-corrected chi connectivity index (χ1v) is 8.02. The van der Waals surface area contributed by atoms with Crippen LogP contribution in [0.3, 0.4) is 0 Å². The fraction of sp³-hybridized carbons (Fsp3) is 0.588. The van der Waals surface area contributed by atoms with Crippen molar-refractivity contribution >= 4 is 11.6 Å². The molecule has 0 radical (unpaired) electrons. The summed E-state index contributed by atoms with van der Waals surface area (Å²) in [6.45, 7) is 6.89. The van der Waals surface area contributed by atoms with Crippen LogP contribution in [0.5, 0.6) is 5.75 Å². The van der Waals surface area contributed by atoms with Crippen molar-refractivity contribution < 1.29 is 9.53 Å². The van der Waals surface area contributed by atoms with Gasteiger partial charge in [0, 0.05) is 19.6 Å². The Labute approximate surface area is 127 Å². The van der Waals surface area contributed by atoms with Gasteiger partial charge in [0.15, 0.2) is 6.61 Å². The summed E-state index contributed by atoms with van der Waals surface area (Å²) in [4.78, 5) is 14.1. The molecule has 0 aromatic heterocycles. The Bertz CT molecular complexity index is 468. The molecule has 0 bridgehead atoms. The summed E-state index contributed by atoms with van der Waals surface area (Å²) in [7, 11) is 0. The Balaban J connectivity index is 1.97. The summed E-state index contributed by atoms with van der Waals surface area (Å²) in [6, 6.07) is 6.06. The largest absolute Gasteiger partial charge is 0.482 e. The monoisotopic (exact) mass is 290 g/mol. The Morgan fingerprint density at radius 2 is 2.05 bits per heavy atom. The zero-order valence-electron chi connectivity index (χ0n) is 13.2. The topological polar surface area (TPSA) is 41.6 Å². The van der Waals surface area contributed by atoms with Gasteiger partial charge < -0.3 is 15.0 Å². The number of anilines is 1. The zero-order valence-corrected chi connectivity index (χ0v) is 13.2. The molecule has 0 saturated heterocycles. The van der Waals surface area contributed by atoms with E-state index in [1.807, 2.05) is 17.0 Å². The number of amides is 1. The number of ether oxygens (including phenoxy) is 1. The molecule has 0 spiro atoms. The smallest absolute Gasteiger partial charge is 0.260 e. The molecule has 0 atom stereocenters. The van der Waals surface area contributed by atoms with Crippen molar-refractivity contribution in [3.05, 3.63) is 23.8 Å². The molecule has 1 N–H and O–H groups in total. The highest BCUT2D eigenvalue weighted by molar-refractivity contribution is 5.78. The van der Waals surface area contributed by atoms with Crippen molar-refractivity contribution in [2.75, 3.05) is 31.6 Å². The van der Waals surface area contributed by atoms with Crippen LogP contribution in [0.4, 0.5) is 5.69 Å². The molecular formula is C17H26N2O2. The molecule has 4 nitrogen and oxygen atoms in total. The fourth-order valence-corrected chi connectivity index (χ4v) is 2.73. The van der Waals surface area contributed by atoms with E-state index in [-0.39, 0.29) is 12.5 Å². The number of carbonyl (C=O) groups excluding carboxylic acids is 1. The minimum absolute atomic E-state index is 0.0760. The Kier molecular flexibility index (Phi) is 5.90. The number of rotatable bonds is 7. The summed E-state index contributed by atoms with van der Waals surface area (Å²) >= 11 is 0. The van der Waals surface area contributed by atoms with Gasteiger partial charge in [-0.15, -0.1) is 0 Å². The molecule has 1 aliphatic rings. The van der Waals surface area contributed by atoms with Crippen LogP contribution in [0.2, 0.25) is 0 Å². The van der Waals surface area contributed by atoms with Crippen molar-refractivity contribution in [1.82, 2.24) is 4.90 Å². The first-order chi connectivity index (χ1) is 10.3. The maximum atomic E-state index is 12.2. The number of benzene rings is 1. The lowest BCUT2D eigenvalue weighted by Crippen LogP contribution is -2.36. The van der Waals surface area contributed by atoms with Crippen LogP contribution >= 0.6 is 0 Å². The average molecular weight is 290 g/mol. The second kappa shape index (κ2) is 7.91. The van der Waals surface area contributed by atoms with E-state index < -0.39 is 0 Å². The fourth-order valence-electron chi connectivity index (χ4n) is 2.73. The van der Waals surface area contributed by atoms with E-state index in [9.17, 15) is 4.79 Å². The van der Waals surface area contributed by atoms with Gasteiger partial charge in [-0.3, -0.25) is 4.79 Å². The summed E-state index contributed by atoms with van der Waals surface area (Å²) in [6.07, 6.45) is 4.18. The van der Waals surface area contributed by atoms with Gasteiger partial charge in [0.1, 0.15) is 5.75 Å². The number of para-hydroxylation sites is 1. The van der Waals surface area contributed by atoms with Crippen molar-refractivity contribution in [2.45, 2.75) is 39.5 Å². The molecule has 21 heavy (non-hydrogen) atoms. The quantitative estimate of drug-likeness (QED) is 0.839. The number of nitrogens with zero attached hydrogens (tertiary/aromatic N) is 1. The highest BCUT2D eigenvalue weighted by Gasteiger charge is 2.16. The van der Waals surface area contributed by atoms with E-state index in [4.69, 9.17) is 4.74 Å². The van der Waals surface area contributed by atoms with Gasteiger partial charge in [0.25, 0.3) is 5.91 Å². The van der Waals surface area contributed by atoms with Gasteiger partial charge in [-0.05, 0) is 37.3 Å². The molecule has 0 aliphatic carbocycles. The van der Waals surface area contributed by atoms with Crippen molar-refractivity contribution in [3.63, 3.8) is 0 Å². The Hall–Kier alpha value is -1.71. The standard InChI is InChI=1S/C17H26N2O2/c1-3-11-19(12-4-2)16(20)13-21-15-9-5-7-14-8-6-10-18-17(14)15/h5,7,9,18H,3-4,6,8,10-13H2,1-2H3. The number of carbonyl (C=O) groups is 1. The van der Waals surface area contributed by atoms with E-state index in [0.29, 0.717) is 0 Å². The summed E-state index contributed by atoms with van der Waals surface area (Å²) in [5, 5.41) is 3.38. The maximum absolute atomic E-state index is 12.2. The number of aryl methyl sites for hydroxylation is 1. The second-order valence-electron chi connectivity index (χ2n) is 5.49. The van der Waals surface area contributed by atoms with E-state index >= 15 is 0 Å². The van der Waals surface area contributed by atoms with Crippen LogP contribution in [0.15, 0.2) is 18.2 Å². The second-order valence-corrected chi connectivity index (χ2v) is 5.49. The van der Waals surface area contributed by atoms with Crippen molar-refractivity contribution in [3.8, 4) is 5.75 Å². The van der Waals surface area contributed by atoms with Gasteiger partial charge in [-0.2, -0.15) is 0 Å². The van der Waals surface area contributed by atoms with Crippen LogP contribution in [0, 0.1) is 0 Å². The van der Waals surface area contributed by atoms with Crippen LogP contribution in [-0.4, -0.2) is 37.0 Å². The van der Waals surface area contributed by atoms with Gasteiger partial charge in [0.05, 0.1) is 5.69 Å². The molecule has 1 aromatic rings. The van der Waals surface area contributed by atoms with Crippen LogP contribution in [0.25, 0.3) is 0 Å². The third-order valence-electron chi connectivity index (χ3n) is 3.73. The van der Waals surface area contributed by atoms with Gasteiger partial charge in [-0.25, -0.2) is 0 Å². The van der Waals surface area contributed by atoms with E-state index in [2.05, 4.69) is 25.2 Å². The molecule has 1 heterocycles. The SMILES string of the molecule is CCCN(CCC)C(=O)COc1cccc2c1NCCC2. The maximum Gasteiger partial charge on any atom is 0.260 e. The minimum Gasteiger partial charge on any atom is -0.482 e. The highest BCUT2D eigenvalue weighted by atomic mass is 16.5. The number of nitrogens with one attached hydrogen (secondary N) is 1. The molecule has 116 valence electrons. The van der Waals surface area contributed by atoms with Crippen molar-refractivity contribution in [1.29, 1.82) is 0 Å². The summed E-state index contributed by atoms with van der Waals surface area (Å²) in [5.74, 6) is 0.876. The lowest BCUT2D eigenvalue weighted by Gasteiger charge is -2.23. The van der Waals surface area contributed by atoms with Crippen LogP contribution in [0.1, 0.15) is 38.7 Å². The number of hydrogen-bond acceptors (Lipinski definition) is 3. The van der Waals surface area contributed by atoms with Gasteiger partial charge >= 0.3 is 0 Å². The van der Waals surface area contributed by atoms with Crippen molar-refractivity contribution in [2.24, 2.45) is 0 Å². The molecule has 1 amide bonds. The first kappa shape index (κ1) is 15.7. The summed E-state index contributed by atoms with van der Waals surface area (Å²) < 4.78 is 5.79. The lowest BCUT2D eigenvalue weighted by atomic mass is 10.0. The lowest BCUT2D eigenvalue weighted by molar-refractivity contribution is -0.133. The summed E-state index contributed by atoms with van der Waals surface area (Å²) in [5.41, 5.74) is 2.35. The predicted molar refractivity (Wildman–Crippen MR) is 85.9 cm³/mol. The molecule has 4 heteroatoms. The van der Waals surface area contributed by atoms with Crippen LogP contribution in [-0.2, 0) is 11.2 Å². The number of fused-ring (bicyclic) bond motifs is 1. The third-order valence-corrected chi connectivity index (χ3v) is 3.73. The molecular weight excluding hydrogens is 264 g/mol. The molecule has 1 aromatic carbocycles. The molecule has 2 rings (SSSR count). The Morgan fingerprint density at radius 1 is 1.29 bits per heavy atom. The minimum atomic E-state index is 0.0760. The predicted octanol–water partition coefficient (Wildman–Crippen LogP) is 3.07. The molecule has 0 fully saturated rings. The molecule has 1 aliphatic heterocycles. The van der Waals surface area contributed by atoms with E-state index in [1.165, 1.54) is 5.56 Å². The van der Waals surface area contributed by atoms with Gasteiger partial charge in [-0.1, -0.05) is 26.0 Å². The number of hydrogen-bond donors (Lipinski definition) is 1. The Morgan fingerprint density at radius 3 is 2.76 bits per heavy atom. The van der Waals surface area contributed by atoms with Gasteiger partial charge in [0.2, 0.25) is 0 Å². The molecule has 0 unspecified atom stereocenters. The molecule has 0 saturated carbocycles. The van der Waals surface area contributed by atoms with E-state index in [0.717, 1.165) is 56.8 Å². The average Bonchev–Trinajstić information content (AvgIpc) is 2.52. The normalized spacial score (nSPS) is 13.2.